The average Bonchev–Trinajstić information content (AvgIpc) is 2.94. The summed E-state index contributed by atoms with van der Waals surface area (Å²) >= 11 is 0. The Morgan fingerprint density at radius 3 is 2.58 bits per heavy atom. The maximum Gasteiger partial charge on any atom is 0.262 e. The Labute approximate surface area is 181 Å². The summed E-state index contributed by atoms with van der Waals surface area (Å²) in [5.74, 6) is 1.14. The van der Waals surface area contributed by atoms with Gasteiger partial charge in [0.15, 0.2) is 11.5 Å². The number of nitriles is 1. The van der Waals surface area contributed by atoms with Gasteiger partial charge in [0.25, 0.3) is 5.91 Å². The number of nitrogens with zero attached hydrogens (tertiary/aromatic N) is 3. The Morgan fingerprint density at radius 2 is 1.74 bits per heavy atom. The fourth-order valence-corrected chi connectivity index (χ4v) is 4.17. The molecule has 1 N–H and O–H groups in total. The molecule has 31 heavy (non-hydrogen) atoms. The first kappa shape index (κ1) is 19.2. The predicted molar refractivity (Wildman–Crippen MR) is 120 cm³/mol. The van der Waals surface area contributed by atoms with E-state index >= 15 is 0 Å². The molecule has 0 unspecified atom stereocenters. The van der Waals surface area contributed by atoms with Crippen LogP contribution in [0.25, 0.3) is 0 Å². The van der Waals surface area contributed by atoms with Crippen molar-refractivity contribution in [2.45, 2.75) is 6.54 Å². The third-order valence-corrected chi connectivity index (χ3v) is 5.69. The van der Waals surface area contributed by atoms with Crippen molar-refractivity contribution in [3.63, 3.8) is 0 Å². The molecule has 1 fully saturated rings. The van der Waals surface area contributed by atoms with Crippen molar-refractivity contribution in [2.24, 2.45) is 0 Å². The van der Waals surface area contributed by atoms with Gasteiger partial charge in [-0.1, -0.05) is 30.3 Å². The molecule has 1 saturated heterocycles. The highest BCUT2D eigenvalue weighted by molar-refractivity contribution is 6.10. The number of carbonyl (C=O) groups excluding carboxylic acids is 1. The molecule has 2 aliphatic heterocycles. The molecule has 1 amide bonds. The average molecular weight is 410 g/mol. The zero-order valence-corrected chi connectivity index (χ0v) is 17.0. The summed E-state index contributed by atoms with van der Waals surface area (Å²) in [6, 6.07) is 22.9. The van der Waals surface area contributed by atoms with Crippen LogP contribution in [-0.4, -0.2) is 32.1 Å². The number of anilines is 2. The number of para-hydroxylation sites is 3. The first-order valence-corrected chi connectivity index (χ1v) is 10.4. The largest absolute Gasteiger partial charge is 0.452 e. The molecule has 0 spiro atoms. The molecule has 0 bridgehead atoms. The van der Waals surface area contributed by atoms with Crippen molar-refractivity contribution < 1.29 is 9.53 Å². The SMILES string of the molecule is N#Cc1cccc(CN2C(=O)c3cccc(N4CCNCC4)c3Oc3ccccc32)c1. The molecule has 2 aliphatic rings. The zero-order valence-electron chi connectivity index (χ0n) is 17.0. The molecule has 0 atom stereocenters. The lowest BCUT2D eigenvalue weighted by Crippen LogP contribution is -2.43. The van der Waals surface area contributed by atoms with Crippen LogP contribution in [0.1, 0.15) is 21.5 Å². The van der Waals surface area contributed by atoms with E-state index in [1.807, 2.05) is 60.7 Å². The first-order chi connectivity index (χ1) is 15.2. The number of hydrogen-bond donors (Lipinski definition) is 1. The van der Waals surface area contributed by atoms with Gasteiger partial charge in [-0.3, -0.25) is 4.79 Å². The summed E-state index contributed by atoms with van der Waals surface area (Å²) in [6.07, 6.45) is 0. The minimum absolute atomic E-state index is 0.112. The lowest BCUT2D eigenvalue weighted by Gasteiger charge is -2.31. The smallest absolute Gasteiger partial charge is 0.262 e. The fourth-order valence-electron chi connectivity index (χ4n) is 4.17. The van der Waals surface area contributed by atoms with Crippen LogP contribution in [0.5, 0.6) is 11.5 Å². The van der Waals surface area contributed by atoms with Crippen molar-refractivity contribution >= 4 is 17.3 Å². The van der Waals surface area contributed by atoms with Gasteiger partial charge in [0.2, 0.25) is 0 Å². The highest BCUT2D eigenvalue weighted by atomic mass is 16.5. The van der Waals surface area contributed by atoms with Crippen molar-refractivity contribution in [3.8, 4) is 17.6 Å². The minimum atomic E-state index is -0.112. The highest BCUT2D eigenvalue weighted by Gasteiger charge is 2.31. The maximum absolute atomic E-state index is 13.7. The van der Waals surface area contributed by atoms with Crippen molar-refractivity contribution in [1.29, 1.82) is 5.26 Å². The lowest BCUT2D eigenvalue weighted by molar-refractivity contribution is 0.0985. The molecule has 2 heterocycles. The van der Waals surface area contributed by atoms with Gasteiger partial charge in [-0.2, -0.15) is 5.26 Å². The number of fused-ring (bicyclic) bond motifs is 2. The Balaban J connectivity index is 1.60. The minimum Gasteiger partial charge on any atom is -0.452 e. The van der Waals surface area contributed by atoms with Crippen LogP contribution in [0.3, 0.4) is 0 Å². The number of carbonyl (C=O) groups is 1. The monoisotopic (exact) mass is 410 g/mol. The van der Waals surface area contributed by atoms with Gasteiger partial charge in [-0.05, 0) is 42.0 Å². The van der Waals surface area contributed by atoms with E-state index in [1.165, 1.54) is 0 Å². The van der Waals surface area contributed by atoms with Crippen LogP contribution in [0.2, 0.25) is 0 Å². The topological polar surface area (TPSA) is 68.6 Å². The van der Waals surface area contributed by atoms with E-state index in [0.717, 1.165) is 43.1 Å². The lowest BCUT2D eigenvalue weighted by atomic mass is 10.1. The number of nitrogens with one attached hydrogen (secondary N) is 1. The molecule has 0 saturated carbocycles. The summed E-state index contributed by atoms with van der Waals surface area (Å²) < 4.78 is 6.39. The molecule has 154 valence electrons. The Hall–Kier alpha value is -3.82. The van der Waals surface area contributed by atoms with E-state index in [1.54, 1.807) is 11.0 Å². The molecule has 3 aromatic rings. The molecular formula is C25H22N4O2. The van der Waals surface area contributed by atoms with Gasteiger partial charge in [-0.15, -0.1) is 0 Å². The summed E-state index contributed by atoms with van der Waals surface area (Å²) in [5, 5.41) is 12.6. The molecule has 0 radical (unpaired) electrons. The van der Waals surface area contributed by atoms with E-state index in [-0.39, 0.29) is 5.91 Å². The van der Waals surface area contributed by atoms with Gasteiger partial charge in [-0.25, -0.2) is 0 Å². The second kappa shape index (κ2) is 8.13. The third kappa shape index (κ3) is 3.60. The molecule has 5 rings (SSSR count). The number of hydrogen-bond acceptors (Lipinski definition) is 5. The van der Waals surface area contributed by atoms with E-state index in [0.29, 0.717) is 29.2 Å². The van der Waals surface area contributed by atoms with Gasteiger partial charge in [0.05, 0.1) is 35.1 Å². The van der Waals surface area contributed by atoms with E-state index in [9.17, 15) is 10.1 Å². The molecule has 6 nitrogen and oxygen atoms in total. The number of ether oxygens (including phenoxy) is 1. The summed E-state index contributed by atoms with van der Waals surface area (Å²) in [5.41, 5.74) is 3.67. The predicted octanol–water partition coefficient (Wildman–Crippen LogP) is 3.92. The van der Waals surface area contributed by atoms with Crippen molar-refractivity contribution in [2.75, 3.05) is 36.0 Å². The van der Waals surface area contributed by atoms with Crippen molar-refractivity contribution in [1.82, 2.24) is 5.32 Å². The maximum atomic E-state index is 13.7. The van der Waals surface area contributed by atoms with E-state index in [2.05, 4.69) is 16.3 Å². The van der Waals surface area contributed by atoms with Crippen LogP contribution in [0.4, 0.5) is 11.4 Å². The van der Waals surface area contributed by atoms with Gasteiger partial charge in [0.1, 0.15) is 0 Å². The molecule has 0 aliphatic carbocycles. The first-order valence-electron chi connectivity index (χ1n) is 10.4. The summed E-state index contributed by atoms with van der Waals surface area (Å²) in [4.78, 5) is 17.7. The normalized spacial score (nSPS) is 15.4. The van der Waals surface area contributed by atoms with Crippen LogP contribution < -0.4 is 19.9 Å². The molecule has 0 aromatic heterocycles. The van der Waals surface area contributed by atoms with Gasteiger partial charge in [0, 0.05) is 26.2 Å². The van der Waals surface area contributed by atoms with Crippen LogP contribution in [0, 0.1) is 11.3 Å². The number of benzene rings is 3. The zero-order chi connectivity index (χ0) is 21.2. The third-order valence-electron chi connectivity index (χ3n) is 5.69. The number of rotatable bonds is 3. The number of piperazine rings is 1. The van der Waals surface area contributed by atoms with Crippen LogP contribution in [-0.2, 0) is 6.54 Å². The van der Waals surface area contributed by atoms with Crippen molar-refractivity contribution in [3.05, 3.63) is 83.4 Å². The molecular weight excluding hydrogens is 388 g/mol. The summed E-state index contributed by atoms with van der Waals surface area (Å²) in [6.45, 7) is 3.87. The highest BCUT2D eigenvalue weighted by Crippen LogP contribution is 2.44. The second-order valence-corrected chi connectivity index (χ2v) is 7.66. The van der Waals surface area contributed by atoms with E-state index in [4.69, 9.17) is 4.74 Å². The standard InChI is InChI=1S/C25H22N4O2/c26-16-18-5-3-6-19(15-18)17-29-21-8-1-2-10-23(21)31-24-20(25(29)30)7-4-9-22(24)28-13-11-27-12-14-28/h1-10,15,27H,11-14,17H2. The Morgan fingerprint density at radius 1 is 0.968 bits per heavy atom. The summed E-state index contributed by atoms with van der Waals surface area (Å²) in [7, 11) is 0. The van der Waals surface area contributed by atoms with Gasteiger partial charge < -0.3 is 19.9 Å². The van der Waals surface area contributed by atoms with Crippen LogP contribution in [0.15, 0.2) is 66.7 Å². The quantitative estimate of drug-likeness (QED) is 0.709. The Kier molecular flexibility index (Phi) is 5.03. The van der Waals surface area contributed by atoms with Crippen LogP contribution >= 0.6 is 0 Å². The number of amides is 1. The second-order valence-electron chi connectivity index (χ2n) is 7.66. The Bertz CT molecular complexity index is 1180. The van der Waals surface area contributed by atoms with E-state index < -0.39 is 0 Å². The fraction of sp³-hybridized carbons (Fsp3) is 0.200. The molecule has 6 heteroatoms. The molecule has 3 aromatic carbocycles. The van der Waals surface area contributed by atoms with Gasteiger partial charge >= 0.3 is 0 Å².